The van der Waals surface area contributed by atoms with E-state index in [1.54, 1.807) is 4.68 Å². The van der Waals surface area contributed by atoms with Crippen LogP contribution in [0.3, 0.4) is 0 Å². The van der Waals surface area contributed by atoms with E-state index in [-0.39, 0.29) is 5.78 Å². The Balaban J connectivity index is 1.54. The lowest BCUT2D eigenvalue weighted by molar-refractivity contribution is 0.104. The van der Waals surface area contributed by atoms with Crippen LogP contribution in [0.25, 0.3) is 10.9 Å². The van der Waals surface area contributed by atoms with E-state index in [1.165, 1.54) is 42.7 Å². The number of nitrogens with zero attached hydrogens (tertiary/aromatic N) is 2. The number of nitrogens with two attached hydrogens (primary N) is 1. The van der Waals surface area contributed by atoms with Crippen LogP contribution in [0.4, 0.5) is 0 Å². The van der Waals surface area contributed by atoms with Crippen LogP contribution in [-0.2, 0) is 0 Å². The van der Waals surface area contributed by atoms with Crippen LogP contribution in [0.1, 0.15) is 65.7 Å². The van der Waals surface area contributed by atoms with E-state index >= 15 is 0 Å². The van der Waals surface area contributed by atoms with E-state index in [1.807, 2.05) is 35.7 Å². The molecule has 3 heterocycles. The fourth-order valence-electron chi connectivity index (χ4n) is 4.35. The van der Waals surface area contributed by atoms with E-state index in [9.17, 15) is 4.79 Å². The summed E-state index contributed by atoms with van der Waals surface area (Å²) in [4.78, 5) is 16.2. The van der Waals surface area contributed by atoms with Gasteiger partial charge in [0.15, 0.2) is 0 Å². The lowest BCUT2D eigenvalue weighted by atomic mass is 9.88. The van der Waals surface area contributed by atoms with E-state index in [0.29, 0.717) is 5.92 Å². The summed E-state index contributed by atoms with van der Waals surface area (Å²) in [5, 5.41) is 3.08. The normalized spacial score (nSPS) is 16.0. The molecule has 1 aliphatic rings. The number of carbonyl (C=O) groups is 1. The van der Waals surface area contributed by atoms with Crippen LogP contribution in [0, 0.1) is 0 Å². The number of rotatable bonds is 7. The highest BCUT2D eigenvalue weighted by Crippen LogP contribution is 2.34. The van der Waals surface area contributed by atoms with Gasteiger partial charge in [0.2, 0.25) is 5.78 Å². The van der Waals surface area contributed by atoms with Gasteiger partial charge in [-0.2, -0.15) is 0 Å². The first-order valence-corrected chi connectivity index (χ1v) is 11.3. The first kappa shape index (κ1) is 19.2. The zero-order valence-electron chi connectivity index (χ0n) is 16.6. The summed E-state index contributed by atoms with van der Waals surface area (Å²) < 4.78 is 1.72. The monoisotopic (exact) mass is 395 g/mol. The molecule has 5 heteroatoms. The molecule has 0 amide bonds. The van der Waals surface area contributed by atoms with Gasteiger partial charge >= 0.3 is 0 Å². The van der Waals surface area contributed by atoms with Gasteiger partial charge in [-0.25, -0.2) is 0 Å². The lowest BCUT2D eigenvalue weighted by Gasteiger charge is -2.32. The van der Waals surface area contributed by atoms with E-state index in [0.717, 1.165) is 47.3 Å². The Kier molecular flexibility index (Phi) is 5.83. The minimum Gasteiger partial charge on any atom is -0.339 e. The fraction of sp³-hybridized carbons (Fsp3) is 0.435. The van der Waals surface area contributed by atoms with Gasteiger partial charge < -0.3 is 10.7 Å². The number of aromatic nitrogens is 1. The number of piperidine rings is 1. The Labute approximate surface area is 170 Å². The van der Waals surface area contributed by atoms with Crippen molar-refractivity contribution in [2.24, 2.45) is 0 Å². The van der Waals surface area contributed by atoms with Gasteiger partial charge in [0.25, 0.3) is 0 Å². The van der Waals surface area contributed by atoms with Gasteiger partial charge in [-0.15, -0.1) is 11.3 Å². The molecule has 28 heavy (non-hydrogen) atoms. The fourth-order valence-corrected chi connectivity index (χ4v) is 5.04. The van der Waals surface area contributed by atoms with Gasteiger partial charge in [0.05, 0.1) is 10.4 Å². The highest BCUT2D eigenvalue weighted by Gasteiger charge is 2.24. The number of ketones is 1. The topological polar surface area (TPSA) is 51.3 Å². The molecular formula is C23H29N3OS. The molecule has 2 aromatic heterocycles. The number of likely N-dealkylation sites (tertiary alicyclic amines) is 1. The number of carbonyl (C=O) groups excluding carboxylic acids is 1. The standard InChI is InChI=1S/C23H29N3OS/c1-2-3-4-11-25-12-9-17(10-13-25)20-16-26(24)21-8-7-18(15-19(20)21)23(27)22-6-5-14-28-22/h5-8,14-17H,2-4,9-13,24H2,1H3. The number of benzene rings is 1. The molecule has 2 N–H and O–H groups in total. The summed E-state index contributed by atoms with van der Waals surface area (Å²) in [5.74, 6) is 6.85. The number of unbranched alkanes of at least 4 members (excludes halogenated alkanes) is 2. The molecule has 1 saturated heterocycles. The largest absolute Gasteiger partial charge is 0.339 e. The second-order valence-corrected chi connectivity index (χ2v) is 8.80. The van der Waals surface area contributed by atoms with Crippen LogP contribution in [0.2, 0.25) is 0 Å². The molecule has 148 valence electrons. The van der Waals surface area contributed by atoms with Gasteiger partial charge in [-0.1, -0.05) is 25.8 Å². The third-order valence-corrected chi connectivity index (χ3v) is 6.84. The number of thiophene rings is 1. The smallest absolute Gasteiger partial charge is 0.202 e. The summed E-state index contributed by atoms with van der Waals surface area (Å²) in [7, 11) is 0. The summed E-state index contributed by atoms with van der Waals surface area (Å²) in [6.45, 7) is 5.78. The Bertz CT molecular complexity index is 936. The first-order valence-electron chi connectivity index (χ1n) is 10.4. The molecule has 4 rings (SSSR count). The molecule has 0 aliphatic carbocycles. The molecule has 0 radical (unpaired) electrons. The van der Waals surface area contributed by atoms with E-state index < -0.39 is 0 Å². The zero-order chi connectivity index (χ0) is 19.5. The molecule has 0 spiro atoms. The maximum absolute atomic E-state index is 12.8. The van der Waals surface area contributed by atoms with Crippen molar-refractivity contribution in [3.63, 3.8) is 0 Å². The lowest BCUT2D eigenvalue weighted by Crippen LogP contribution is -2.33. The van der Waals surface area contributed by atoms with Gasteiger partial charge in [-0.3, -0.25) is 9.47 Å². The number of hydrogen-bond acceptors (Lipinski definition) is 4. The average Bonchev–Trinajstić information content (AvgIpc) is 3.37. The second kappa shape index (κ2) is 8.50. The van der Waals surface area contributed by atoms with Crippen molar-refractivity contribution >= 4 is 28.0 Å². The van der Waals surface area contributed by atoms with Crippen LogP contribution in [-0.4, -0.2) is 35.0 Å². The summed E-state index contributed by atoms with van der Waals surface area (Å²) >= 11 is 1.49. The molecule has 1 fully saturated rings. The van der Waals surface area contributed by atoms with Crippen LogP contribution in [0.5, 0.6) is 0 Å². The SMILES string of the molecule is CCCCCN1CCC(c2cn(N)c3ccc(C(=O)c4cccs4)cc23)CC1. The van der Waals surface area contributed by atoms with Crippen molar-refractivity contribution in [3.05, 3.63) is 57.9 Å². The maximum atomic E-state index is 12.8. The quantitative estimate of drug-likeness (QED) is 0.347. The average molecular weight is 396 g/mol. The van der Waals surface area contributed by atoms with Crippen molar-refractivity contribution in [3.8, 4) is 0 Å². The molecule has 0 saturated carbocycles. The zero-order valence-corrected chi connectivity index (χ0v) is 17.4. The predicted octanol–water partition coefficient (Wildman–Crippen LogP) is 5.02. The number of nitrogen functional groups attached to an aromatic ring is 1. The third kappa shape index (κ3) is 3.87. The van der Waals surface area contributed by atoms with Crippen molar-refractivity contribution < 1.29 is 4.79 Å². The molecule has 3 aromatic rings. The van der Waals surface area contributed by atoms with Crippen LogP contribution >= 0.6 is 11.3 Å². The molecular weight excluding hydrogens is 366 g/mol. The Morgan fingerprint density at radius 2 is 2.04 bits per heavy atom. The summed E-state index contributed by atoms with van der Waals surface area (Å²) in [5.41, 5.74) is 3.05. The Morgan fingerprint density at radius 1 is 1.21 bits per heavy atom. The molecule has 1 aromatic carbocycles. The van der Waals surface area contributed by atoms with Gasteiger partial charge in [-0.05, 0) is 80.0 Å². The van der Waals surface area contributed by atoms with Crippen molar-refractivity contribution in [1.82, 2.24) is 9.58 Å². The molecule has 1 aliphatic heterocycles. The van der Waals surface area contributed by atoms with Crippen LogP contribution in [0.15, 0.2) is 41.9 Å². The first-order chi connectivity index (χ1) is 13.7. The molecule has 0 unspecified atom stereocenters. The van der Waals surface area contributed by atoms with Crippen molar-refractivity contribution in [1.29, 1.82) is 0 Å². The molecule has 0 bridgehead atoms. The highest BCUT2D eigenvalue weighted by molar-refractivity contribution is 7.12. The summed E-state index contributed by atoms with van der Waals surface area (Å²) in [6.07, 6.45) is 8.29. The van der Waals surface area contributed by atoms with E-state index in [4.69, 9.17) is 5.84 Å². The Hall–Kier alpha value is -2.11. The van der Waals surface area contributed by atoms with Crippen LogP contribution < -0.4 is 5.84 Å². The predicted molar refractivity (Wildman–Crippen MR) is 118 cm³/mol. The number of fused-ring (bicyclic) bond motifs is 1. The third-order valence-electron chi connectivity index (χ3n) is 5.98. The Morgan fingerprint density at radius 3 is 2.75 bits per heavy atom. The number of hydrogen-bond donors (Lipinski definition) is 1. The minimum atomic E-state index is 0.0957. The molecule has 4 nitrogen and oxygen atoms in total. The van der Waals surface area contributed by atoms with Crippen molar-refractivity contribution in [2.45, 2.75) is 44.9 Å². The van der Waals surface area contributed by atoms with Gasteiger partial charge in [0.1, 0.15) is 0 Å². The van der Waals surface area contributed by atoms with Crippen molar-refractivity contribution in [2.75, 3.05) is 25.5 Å². The maximum Gasteiger partial charge on any atom is 0.202 e. The minimum absolute atomic E-state index is 0.0957. The highest BCUT2D eigenvalue weighted by atomic mass is 32.1. The second-order valence-electron chi connectivity index (χ2n) is 7.85. The van der Waals surface area contributed by atoms with Gasteiger partial charge in [0, 0.05) is 17.1 Å². The summed E-state index contributed by atoms with van der Waals surface area (Å²) in [6, 6.07) is 9.74. The molecule has 0 atom stereocenters. The van der Waals surface area contributed by atoms with E-state index in [2.05, 4.69) is 18.0 Å².